The smallest absolute Gasteiger partial charge is 0.319 e. The van der Waals surface area contributed by atoms with Crippen molar-refractivity contribution in [3.05, 3.63) is 54.1 Å². The number of alkyl halides is 1. The van der Waals surface area contributed by atoms with E-state index >= 15 is 4.39 Å². The molecule has 4 unspecified atom stereocenters. The number of nitrogens with two attached hydrogens (primary N) is 1. The first-order valence-corrected chi connectivity index (χ1v) is 17.6. The molecule has 7 rings (SSSR count). The van der Waals surface area contributed by atoms with Crippen molar-refractivity contribution in [1.29, 1.82) is 5.26 Å². The molecule has 0 radical (unpaired) electrons. The molecule has 9 nitrogen and oxygen atoms in total. The lowest BCUT2D eigenvalue weighted by atomic mass is 9.95. The predicted molar refractivity (Wildman–Crippen MR) is 185 cm³/mol. The van der Waals surface area contributed by atoms with Gasteiger partial charge in [-0.2, -0.15) is 15.2 Å². The number of likely N-dealkylation sites (N-methyl/N-ethyl adjacent to an activating group) is 1. The highest BCUT2D eigenvalue weighted by atomic mass is 32.1. The molecule has 5 heterocycles. The number of rotatable bonds is 9. The molecule has 0 bridgehead atoms. The van der Waals surface area contributed by atoms with E-state index < -0.39 is 23.3 Å². The number of ether oxygens (including phenoxy) is 1. The van der Waals surface area contributed by atoms with Crippen LogP contribution >= 0.6 is 11.3 Å². The summed E-state index contributed by atoms with van der Waals surface area (Å²) >= 11 is 0.947. The summed E-state index contributed by atoms with van der Waals surface area (Å²) < 4.78 is 52.9. The average Bonchev–Trinajstić information content (AvgIpc) is 3.85. The normalized spacial score (nSPS) is 23.7. The van der Waals surface area contributed by atoms with Gasteiger partial charge in [0.05, 0.1) is 27.9 Å². The van der Waals surface area contributed by atoms with Gasteiger partial charge in [0.15, 0.2) is 5.82 Å². The van der Waals surface area contributed by atoms with Gasteiger partial charge in [-0.05, 0) is 62.9 Å². The van der Waals surface area contributed by atoms with Gasteiger partial charge in [0.25, 0.3) is 0 Å². The van der Waals surface area contributed by atoms with Crippen LogP contribution in [0, 0.1) is 23.0 Å². The molecule has 3 saturated heterocycles. The van der Waals surface area contributed by atoms with Gasteiger partial charge in [-0.1, -0.05) is 25.6 Å². The monoisotopic (exact) mass is 689 g/mol. The number of aromatic nitrogens is 2. The van der Waals surface area contributed by atoms with Gasteiger partial charge in [0.1, 0.15) is 41.0 Å². The standard InChI is InChI=1S/C36H38F3N7O2S/c1-4-26-27(12-15-46(26)28(47)5-2)45(6-3)34-23-9-8-22(21-10-11-25(38)32-29(21)24(17-40)33(41)49-32)30(39)31(23)42-35(43-34)48-19-36-13-7-14-44(36)18-20(37)16-36/h5,8-11,20,26-27H,2,4,6-7,12-16,18-19,41H2,1,3H3. The maximum absolute atomic E-state index is 17.0. The van der Waals surface area contributed by atoms with Gasteiger partial charge in [-0.3, -0.25) is 9.69 Å². The zero-order chi connectivity index (χ0) is 34.6. The maximum atomic E-state index is 17.0. The summed E-state index contributed by atoms with van der Waals surface area (Å²) in [7, 11) is 0. The molecule has 4 aromatic rings. The zero-order valence-electron chi connectivity index (χ0n) is 27.5. The maximum Gasteiger partial charge on any atom is 0.319 e. The van der Waals surface area contributed by atoms with Crippen LogP contribution in [-0.2, 0) is 4.79 Å². The van der Waals surface area contributed by atoms with Gasteiger partial charge in [0, 0.05) is 42.4 Å². The third-order valence-electron chi connectivity index (χ3n) is 10.6. The SMILES string of the molecule is C=CC(=O)N1CCC(N(CC)c2nc(OCC34CCCN3CC(F)C4)nc3c(F)c(-c4ccc(F)c5sc(N)c(C#N)c45)ccc23)C1CC. The van der Waals surface area contributed by atoms with E-state index in [-0.39, 0.29) is 62.3 Å². The van der Waals surface area contributed by atoms with Crippen molar-refractivity contribution in [1.82, 2.24) is 19.8 Å². The van der Waals surface area contributed by atoms with Crippen molar-refractivity contribution in [2.24, 2.45) is 0 Å². The number of anilines is 2. The van der Waals surface area contributed by atoms with E-state index in [0.29, 0.717) is 55.7 Å². The van der Waals surface area contributed by atoms with Crippen molar-refractivity contribution < 1.29 is 22.7 Å². The summed E-state index contributed by atoms with van der Waals surface area (Å²) in [6.07, 6.45) is 3.82. The number of likely N-dealkylation sites (tertiary alicyclic amines) is 1. The van der Waals surface area contributed by atoms with Crippen LogP contribution in [-0.4, -0.2) is 82.3 Å². The fourth-order valence-electron chi connectivity index (χ4n) is 8.42. The largest absolute Gasteiger partial charge is 0.461 e. The molecular weight excluding hydrogens is 652 g/mol. The van der Waals surface area contributed by atoms with E-state index in [9.17, 15) is 18.8 Å². The molecule has 2 aromatic heterocycles. The Morgan fingerprint density at radius 2 is 2.04 bits per heavy atom. The van der Waals surface area contributed by atoms with Crippen LogP contribution in [0.2, 0.25) is 0 Å². The Labute approximate surface area is 286 Å². The van der Waals surface area contributed by atoms with Gasteiger partial charge in [0.2, 0.25) is 5.91 Å². The molecule has 0 spiro atoms. The Hall–Kier alpha value is -4.41. The minimum Gasteiger partial charge on any atom is -0.461 e. The number of halogens is 3. The number of nitrogen functional groups attached to an aromatic ring is 1. The van der Waals surface area contributed by atoms with Gasteiger partial charge >= 0.3 is 6.01 Å². The van der Waals surface area contributed by atoms with Crippen LogP contribution < -0.4 is 15.4 Å². The van der Waals surface area contributed by atoms with Crippen LogP contribution in [0.5, 0.6) is 6.01 Å². The summed E-state index contributed by atoms with van der Waals surface area (Å²) in [5.41, 5.74) is 6.13. The Balaban J connectivity index is 1.38. The van der Waals surface area contributed by atoms with Gasteiger partial charge < -0.3 is 20.3 Å². The molecule has 3 aliphatic heterocycles. The first-order valence-electron chi connectivity index (χ1n) is 16.8. The minimum absolute atomic E-state index is 0.00392. The van der Waals surface area contributed by atoms with Crippen molar-refractivity contribution in [2.45, 2.75) is 69.7 Å². The Kier molecular flexibility index (Phi) is 8.65. The first kappa shape index (κ1) is 33.1. The number of thiophene rings is 1. The summed E-state index contributed by atoms with van der Waals surface area (Å²) in [5, 5.41) is 10.7. The molecule has 3 aliphatic rings. The lowest BCUT2D eigenvalue weighted by molar-refractivity contribution is -0.126. The second-order valence-corrected chi connectivity index (χ2v) is 14.2. The van der Waals surface area contributed by atoms with E-state index in [2.05, 4.69) is 27.4 Å². The molecule has 3 fully saturated rings. The second-order valence-electron chi connectivity index (χ2n) is 13.1. The second kappa shape index (κ2) is 12.8. The fraction of sp³-hybridized carbons (Fsp3) is 0.444. The molecule has 0 saturated carbocycles. The van der Waals surface area contributed by atoms with E-state index in [1.165, 1.54) is 18.2 Å². The van der Waals surface area contributed by atoms with E-state index in [1.807, 2.05) is 18.7 Å². The number of amides is 1. The number of fused-ring (bicyclic) bond motifs is 3. The fourth-order valence-corrected chi connectivity index (χ4v) is 9.36. The number of carbonyl (C=O) groups is 1. The lowest BCUT2D eigenvalue weighted by Gasteiger charge is -2.35. The lowest BCUT2D eigenvalue weighted by Crippen LogP contribution is -2.47. The third kappa shape index (κ3) is 5.36. The minimum atomic E-state index is -0.945. The van der Waals surface area contributed by atoms with Crippen LogP contribution in [0.1, 0.15) is 51.5 Å². The van der Waals surface area contributed by atoms with Gasteiger partial charge in [-0.25, -0.2) is 13.2 Å². The zero-order valence-corrected chi connectivity index (χ0v) is 28.3. The van der Waals surface area contributed by atoms with E-state index in [4.69, 9.17) is 15.5 Å². The molecule has 256 valence electrons. The number of benzene rings is 2. The van der Waals surface area contributed by atoms with E-state index in [0.717, 1.165) is 30.7 Å². The van der Waals surface area contributed by atoms with Crippen molar-refractivity contribution in [3.63, 3.8) is 0 Å². The van der Waals surface area contributed by atoms with Gasteiger partial charge in [-0.15, -0.1) is 11.3 Å². The third-order valence-corrected chi connectivity index (χ3v) is 11.6. The summed E-state index contributed by atoms with van der Waals surface area (Å²) in [6.45, 7) is 10.1. The molecule has 49 heavy (non-hydrogen) atoms. The van der Waals surface area contributed by atoms with Crippen LogP contribution in [0.4, 0.5) is 24.0 Å². The van der Waals surface area contributed by atoms with Crippen molar-refractivity contribution in [2.75, 3.05) is 43.4 Å². The molecule has 0 aliphatic carbocycles. The van der Waals surface area contributed by atoms with Crippen molar-refractivity contribution >= 4 is 49.1 Å². The summed E-state index contributed by atoms with van der Waals surface area (Å²) in [4.78, 5) is 28.3. The molecule has 1 amide bonds. The average molecular weight is 690 g/mol. The number of hydrogen-bond acceptors (Lipinski definition) is 9. The first-order chi connectivity index (χ1) is 23.6. The number of hydrogen-bond donors (Lipinski definition) is 1. The Morgan fingerprint density at radius 1 is 1.24 bits per heavy atom. The van der Waals surface area contributed by atoms with E-state index in [1.54, 1.807) is 12.1 Å². The van der Waals surface area contributed by atoms with Crippen LogP contribution in [0.25, 0.3) is 32.1 Å². The number of carbonyl (C=O) groups excluding carboxylic acids is 1. The highest BCUT2D eigenvalue weighted by molar-refractivity contribution is 7.23. The molecule has 2 N–H and O–H groups in total. The molecule has 13 heteroatoms. The van der Waals surface area contributed by atoms with Crippen LogP contribution in [0.3, 0.4) is 0 Å². The highest BCUT2D eigenvalue weighted by Gasteiger charge is 2.49. The summed E-state index contributed by atoms with van der Waals surface area (Å²) in [5.74, 6) is -0.916. The summed E-state index contributed by atoms with van der Waals surface area (Å²) in [6, 6.07) is 7.78. The quantitative estimate of drug-likeness (QED) is 0.196. The Morgan fingerprint density at radius 3 is 2.78 bits per heavy atom. The molecule has 2 aromatic carbocycles. The molecular formula is C36H38F3N7O2S. The Bertz CT molecular complexity index is 2010. The molecule has 4 atom stereocenters. The van der Waals surface area contributed by atoms with Crippen LogP contribution in [0.15, 0.2) is 36.9 Å². The highest BCUT2D eigenvalue weighted by Crippen LogP contribution is 2.44. The number of nitriles is 1. The topological polar surface area (TPSA) is 112 Å². The van der Waals surface area contributed by atoms with Crippen molar-refractivity contribution in [3.8, 4) is 23.2 Å². The predicted octanol–water partition coefficient (Wildman–Crippen LogP) is 6.59. The number of nitrogens with zero attached hydrogens (tertiary/aromatic N) is 6.